The van der Waals surface area contributed by atoms with Gasteiger partial charge in [0.15, 0.2) is 0 Å². The summed E-state index contributed by atoms with van der Waals surface area (Å²) in [6, 6.07) is 19.2. The molecule has 1 unspecified atom stereocenters. The minimum Gasteiger partial charge on any atom is -0.480 e. The Morgan fingerprint density at radius 1 is 0.971 bits per heavy atom. The van der Waals surface area contributed by atoms with Crippen LogP contribution in [0.5, 0.6) is 0 Å². The van der Waals surface area contributed by atoms with E-state index in [1.807, 2.05) is 30.3 Å². The van der Waals surface area contributed by atoms with Crippen LogP contribution in [0.4, 0.5) is 4.39 Å². The summed E-state index contributed by atoms with van der Waals surface area (Å²) < 4.78 is 46.1. The Morgan fingerprint density at radius 3 is 2.26 bits per heavy atom. The summed E-state index contributed by atoms with van der Waals surface area (Å²) in [4.78, 5) is 15.8. The molecule has 1 atom stereocenters. The number of rotatable bonds is 9. The Bertz CT molecular complexity index is 1370. The van der Waals surface area contributed by atoms with E-state index in [2.05, 4.69) is 14.9 Å². The number of benzene rings is 3. The monoisotopic (exact) mass is 481 g/mol. The normalized spacial score (nSPS) is 12.4. The molecule has 0 aliphatic heterocycles. The molecular formula is C24H20FN3O5S. The minimum absolute atomic E-state index is 0.0968. The lowest BCUT2D eigenvalue weighted by molar-refractivity contribution is -0.139. The third-order valence-electron chi connectivity index (χ3n) is 5.10. The Hall–Kier alpha value is -3.89. The number of halogens is 1. The third-order valence-corrected chi connectivity index (χ3v) is 6.59. The van der Waals surface area contributed by atoms with Crippen molar-refractivity contribution >= 4 is 16.0 Å². The summed E-state index contributed by atoms with van der Waals surface area (Å²) in [6.07, 6.45) is 0.512. The van der Waals surface area contributed by atoms with E-state index in [1.54, 1.807) is 0 Å². The molecule has 10 heteroatoms. The first-order valence-corrected chi connectivity index (χ1v) is 11.8. The van der Waals surface area contributed by atoms with Gasteiger partial charge in [0.2, 0.25) is 15.8 Å². The quantitative estimate of drug-likeness (QED) is 0.372. The highest BCUT2D eigenvalue weighted by molar-refractivity contribution is 7.89. The van der Waals surface area contributed by atoms with Crippen LogP contribution in [0.1, 0.15) is 12.0 Å². The molecule has 4 aromatic rings. The van der Waals surface area contributed by atoms with Crippen LogP contribution >= 0.6 is 0 Å². The van der Waals surface area contributed by atoms with Crippen LogP contribution in [-0.2, 0) is 21.2 Å². The van der Waals surface area contributed by atoms with E-state index < -0.39 is 22.0 Å². The van der Waals surface area contributed by atoms with Crippen LogP contribution in [0.15, 0.2) is 88.3 Å². The maximum absolute atomic E-state index is 13.1. The Morgan fingerprint density at radius 2 is 1.62 bits per heavy atom. The molecule has 1 heterocycles. The van der Waals surface area contributed by atoms with Gasteiger partial charge in [-0.25, -0.2) is 12.8 Å². The van der Waals surface area contributed by atoms with Gasteiger partial charge >= 0.3 is 5.97 Å². The fourth-order valence-corrected chi connectivity index (χ4v) is 4.50. The molecule has 4 rings (SSSR count). The molecule has 34 heavy (non-hydrogen) atoms. The number of nitrogens with one attached hydrogen (secondary N) is 1. The van der Waals surface area contributed by atoms with Crippen molar-refractivity contribution < 1.29 is 27.2 Å². The van der Waals surface area contributed by atoms with Crippen molar-refractivity contribution in [2.45, 2.75) is 23.8 Å². The molecule has 1 aromatic heterocycles. The van der Waals surface area contributed by atoms with E-state index in [0.717, 1.165) is 5.56 Å². The van der Waals surface area contributed by atoms with E-state index in [0.29, 0.717) is 17.5 Å². The zero-order chi connectivity index (χ0) is 24.1. The number of carbonyl (C=O) groups is 1. The fourth-order valence-electron chi connectivity index (χ4n) is 3.28. The molecule has 0 bridgehead atoms. The standard InChI is InChI=1S/C24H20FN3O5S/c25-19-11-7-17(8-12-19)22-26-23(33-27-22)18-9-13-20(14-10-18)34(31,32)28-21(24(29)30)15-6-16-4-2-1-3-5-16/h1-5,7-14,21,28H,6,15H2,(H,29,30). The largest absolute Gasteiger partial charge is 0.480 e. The number of aromatic nitrogens is 2. The van der Waals surface area contributed by atoms with Gasteiger partial charge in [-0.05, 0) is 66.9 Å². The number of hydrogen-bond acceptors (Lipinski definition) is 6. The van der Waals surface area contributed by atoms with Gasteiger partial charge in [-0.3, -0.25) is 4.79 Å². The van der Waals surface area contributed by atoms with Crippen LogP contribution in [0.25, 0.3) is 22.8 Å². The molecule has 0 aliphatic carbocycles. The van der Waals surface area contributed by atoms with E-state index >= 15 is 0 Å². The highest BCUT2D eigenvalue weighted by Crippen LogP contribution is 2.24. The summed E-state index contributed by atoms with van der Waals surface area (Å²) in [7, 11) is -4.08. The van der Waals surface area contributed by atoms with Crippen molar-refractivity contribution in [1.29, 1.82) is 0 Å². The van der Waals surface area contributed by atoms with Gasteiger partial charge in [0, 0.05) is 11.1 Å². The average molecular weight is 482 g/mol. The lowest BCUT2D eigenvalue weighted by Gasteiger charge is -2.15. The maximum atomic E-state index is 13.1. The summed E-state index contributed by atoms with van der Waals surface area (Å²) in [6.45, 7) is 0. The first kappa shape index (κ1) is 23.3. The highest BCUT2D eigenvalue weighted by atomic mass is 32.2. The van der Waals surface area contributed by atoms with Crippen molar-refractivity contribution in [2.75, 3.05) is 0 Å². The highest BCUT2D eigenvalue weighted by Gasteiger charge is 2.25. The maximum Gasteiger partial charge on any atom is 0.321 e. The number of aliphatic carboxylic acids is 1. The first-order chi connectivity index (χ1) is 16.3. The Labute approximate surface area is 195 Å². The predicted octanol–water partition coefficient (Wildman–Crippen LogP) is 3.91. The van der Waals surface area contributed by atoms with Gasteiger partial charge in [-0.2, -0.15) is 9.71 Å². The summed E-state index contributed by atoms with van der Waals surface area (Å²) in [5.74, 6) is -1.23. The molecule has 0 aliphatic rings. The molecule has 0 radical (unpaired) electrons. The van der Waals surface area contributed by atoms with Gasteiger partial charge in [0.05, 0.1) is 4.90 Å². The molecule has 8 nitrogen and oxygen atoms in total. The van der Waals surface area contributed by atoms with Crippen molar-refractivity contribution in [3.8, 4) is 22.8 Å². The minimum atomic E-state index is -4.08. The molecular weight excluding hydrogens is 461 g/mol. The van der Waals surface area contributed by atoms with E-state index in [-0.39, 0.29) is 28.8 Å². The summed E-state index contributed by atoms with van der Waals surface area (Å²) in [5.41, 5.74) is 1.95. The number of carboxylic acid groups (broad SMARTS) is 1. The number of sulfonamides is 1. The van der Waals surface area contributed by atoms with E-state index in [4.69, 9.17) is 4.52 Å². The molecule has 0 amide bonds. The Balaban J connectivity index is 1.46. The molecule has 174 valence electrons. The zero-order valence-corrected chi connectivity index (χ0v) is 18.6. The van der Waals surface area contributed by atoms with Crippen molar-refractivity contribution in [3.63, 3.8) is 0 Å². The predicted molar refractivity (Wildman–Crippen MR) is 122 cm³/mol. The average Bonchev–Trinajstić information content (AvgIpc) is 3.33. The number of hydrogen-bond donors (Lipinski definition) is 2. The van der Waals surface area contributed by atoms with Gasteiger partial charge in [0.25, 0.3) is 5.89 Å². The van der Waals surface area contributed by atoms with Gasteiger partial charge < -0.3 is 9.63 Å². The van der Waals surface area contributed by atoms with Crippen molar-refractivity contribution in [3.05, 3.63) is 90.2 Å². The fraction of sp³-hybridized carbons (Fsp3) is 0.125. The van der Waals surface area contributed by atoms with Crippen LogP contribution in [0, 0.1) is 5.82 Å². The van der Waals surface area contributed by atoms with E-state index in [1.165, 1.54) is 48.5 Å². The smallest absolute Gasteiger partial charge is 0.321 e. The molecule has 3 aromatic carbocycles. The van der Waals surface area contributed by atoms with Crippen LogP contribution in [0.3, 0.4) is 0 Å². The van der Waals surface area contributed by atoms with Gasteiger partial charge in [-0.15, -0.1) is 0 Å². The molecule has 0 fully saturated rings. The Kier molecular flexibility index (Phi) is 6.80. The summed E-state index contributed by atoms with van der Waals surface area (Å²) >= 11 is 0. The molecule has 2 N–H and O–H groups in total. The zero-order valence-electron chi connectivity index (χ0n) is 17.8. The number of nitrogens with zero attached hydrogens (tertiary/aromatic N) is 2. The topological polar surface area (TPSA) is 122 Å². The number of carboxylic acids is 1. The van der Waals surface area contributed by atoms with Crippen LogP contribution in [0.2, 0.25) is 0 Å². The first-order valence-electron chi connectivity index (χ1n) is 10.3. The van der Waals surface area contributed by atoms with Gasteiger partial charge in [-0.1, -0.05) is 35.5 Å². The second-order valence-corrected chi connectivity index (χ2v) is 9.20. The lowest BCUT2D eigenvalue weighted by Crippen LogP contribution is -2.41. The second kappa shape index (κ2) is 9.94. The van der Waals surface area contributed by atoms with Crippen LogP contribution < -0.4 is 4.72 Å². The van der Waals surface area contributed by atoms with Crippen LogP contribution in [-0.4, -0.2) is 35.7 Å². The van der Waals surface area contributed by atoms with E-state index in [9.17, 15) is 22.7 Å². The second-order valence-electron chi connectivity index (χ2n) is 7.49. The molecule has 0 saturated heterocycles. The molecule has 0 spiro atoms. The SMILES string of the molecule is O=C(O)C(CCc1ccccc1)NS(=O)(=O)c1ccc(-c2nc(-c3ccc(F)cc3)no2)cc1. The van der Waals surface area contributed by atoms with Crippen molar-refractivity contribution in [1.82, 2.24) is 14.9 Å². The summed E-state index contributed by atoms with van der Waals surface area (Å²) in [5, 5.41) is 13.4. The van der Waals surface area contributed by atoms with Crippen molar-refractivity contribution in [2.24, 2.45) is 0 Å². The third kappa shape index (κ3) is 5.53. The lowest BCUT2D eigenvalue weighted by atomic mass is 10.1. The van der Waals surface area contributed by atoms with Gasteiger partial charge in [0.1, 0.15) is 11.9 Å². The number of aryl methyl sites for hydroxylation is 1. The molecule has 0 saturated carbocycles.